The molecule has 1 N–H and O–H groups in total. The van der Waals surface area contributed by atoms with Crippen LogP contribution in [0.1, 0.15) is 25.8 Å². The van der Waals surface area contributed by atoms with Crippen LogP contribution in [0.3, 0.4) is 0 Å². The molecule has 1 heterocycles. The van der Waals surface area contributed by atoms with Crippen LogP contribution in [0.4, 0.5) is 18.9 Å². The van der Waals surface area contributed by atoms with Crippen LogP contribution in [-0.2, 0) is 6.18 Å². The smallest absolute Gasteiger partial charge is 0.334 e. The van der Waals surface area contributed by atoms with E-state index in [1.807, 2.05) is 6.92 Å². The Hall–Kier alpha value is -0.880. The fourth-order valence-electron chi connectivity index (χ4n) is 1.97. The molecule has 0 aliphatic carbocycles. The second-order valence-corrected chi connectivity index (χ2v) is 6.60. The van der Waals surface area contributed by atoms with Crippen LogP contribution in [0.25, 0.3) is 0 Å². The summed E-state index contributed by atoms with van der Waals surface area (Å²) in [5.41, 5.74) is -0.319. The number of halogens is 4. The summed E-state index contributed by atoms with van der Waals surface area (Å²) in [6.07, 6.45) is -3.40. The van der Waals surface area contributed by atoms with Gasteiger partial charge in [-0.05, 0) is 31.5 Å². The van der Waals surface area contributed by atoms with Gasteiger partial charge in [0, 0.05) is 5.25 Å². The molecule has 1 aliphatic rings. The number of alkyl halides is 3. The van der Waals surface area contributed by atoms with E-state index in [0.29, 0.717) is 16.1 Å². The van der Waals surface area contributed by atoms with E-state index in [1.54, 1.807) is 11.8 Å². The minimum absolute atomic E-state index is 0.0361. The molecule has 2 atom stereocenters. The summed E-state index contributed by atoms with van der Waals surface area (Å²) in [5, 5.41) is 4.15. The van der Waals surface area contributed by atoms with Crippen LogP contribution < -0.4 is 5.32 Å². The van der Waals surface area contributed by atoms with Gasteiger partial charge >= 0.3 is 6.18 Å². The van der Waals surface area contributed by atoms with E-state index in [0.717, 1.165) is 18.6 Å². The number of nitrogens with one attached hydrogen (secondary N) is 1. The highest BCUT2D eigenvalue weighted by Crippen LogP contribution is 2.34. The van der Waals surface area contributed by atoms with Gasteiger partial charge in [-0.3, -0.25) is 4.99 Å². The topological polar surface area (TPSA) is 24.4 Å². The molecule has 0 amide bonds. The Morgan fingerprint density at radius 1 is 1.35 bits per heavy atom. The quantitative estimate of drug-likeness (QED) is 0.783. The molecule has 0 aromatic heterocycles. The van der Waals surface area contributed by atoms with Gasteiger partial charge in [-0.25, -0.2) is 0 Å². The van der Waals surface area contributed by atoms with Gasteiger partial charge in [0.15, 0.2) is 5.17 Å². The second-order valence-electron chi connectivity index (χ2n) is 4.76. The monoisotopic (exact) mass is 322 g/mol. The molecule has 20 heavy (non-hydrogen) atoms. The summed E-state index contributed by atoms with van der Waals surface area (Å²) >= 11 is 7.46. The zero-order valence-corrected chi connectivity index (χ0v) is 12.5. The molecule has 110 valence electrons. The van der Waals surface area contributed by atoms with Crippen LogP contribution in [0, 0.1) is 0 Å². The fourth-order valence-corrected chi connectivity index (χ4v) is 3.37. The van der Waals surface area contributed by atoms with E-state index >= 15 is 0 Å². The van der Waals surface area contributed by atoms with Gasteiger partial charge in [0.05, 0.1) is 22.3 Å². The van der Waals surface area contributed by atoms with E-state index in [4.69, 9.17) is 11.6 Å². The lowest BCUT2D eigenvalue weighted by molar-refractivity contribution is -0.137. The maximum atomic E-state index is 12.6. The van der Waals surface area contributed by atoms with E-state index in [1.165, 1.54) is 6.07 Å². The lowest BCUT2D eigenvalue weighted by Gasteiger charge is -2.23. The lowest BCUT2D eigenvalue weighted by atomic mass is 10.2. The number of benzene rings is 1. The minimum Gasteiger partial charge on any atom is -0.334 e. The van der Waals surface area contributed by atoms with Crippen molar-refractivity contribution in [1.29, 1.82) is 0 Å². The highest BCUT2D eigenvalue weighted by molar-refractivity contribution is 8.14. The van der Waals surface area contributed by atoms with Gasteiger partial charge in [-0.1, -0.05) is 30.3 Å². The van der Waals surface area contributed by atoms with Crippen molar-refractivity contribution < 1.29 is 13.2 Å². The first kappa shape index (κ1) is 15.5. The van der Waals surface area contributed by atoms with Gasteiger partial charge in [0.2, 0.25) is 0 Å². The summed E-state index contributed by atoms with van der Waals surface area (Å²) < 4.78 is 37.7. The molecule has 1 aromatic carbocycles. The summed E-state index contributed by atoms with van der Waals surface area (Å²) in [6, 6.07) is 3.46. The average molecular weight is 323 g/mol. The summed E-state index contributed by atoms with van der Waals surface area (Å²) in [7, 11) is 0. The van der Waals surface area contributed by atoms with Crippen molar-refractivity contribution in [2.75, 3.05) is 5.32 Å². The van der Waals surface area contributed by atoms with Crippen LogP contribution >= 0.6 is 23.4 Å². The standard InChI is InChI=1S/C13H14ClF3N2S/c1-7-5-8(2)20-12(18-7)19-11-4-3-9(6-10(11)14)13(15,16)17/h3-4,6-8H,5H2,1-2H3,(H,18,19). The molecule has 7 heteroatoms. The third-order valence-corrected chi connectivity index (χ3v) is 4.20. The lowest BCUT2D eigenvalue weighted by Crippen LogP contribution is -2.22. The fraction of sp³-hybridized carbons (Fsp3) is 0.462. The molecule has 0 saturated carbocycles. The zero-order valence-electron chi connectivity index (χ0n) is 11.0. The Kier molecular flexibility index (Phi) is 4.54. The number of thioether (sulfide) groups is 1. The normalized spacial score (nSPS) is 23.4. The largest absolute Gasteiger partial charge is 0.416 e. The van der Waals surface area contributed by atoms with Crippen molar-refractivity contribution in [3.8, 4) is 0 Å². The number of hydrogen-bond acceptors (Lipinski definition) is 3. The van der Waals surface area contributed by atoms with Crippen LogP contribution in [0.5, 0.6) is 0 Å². The Morgan fingerprint density at radius 3 is 2.60 bits per heavy atom. The van der Waals surface area contributed by atoms with Gasteiger partial charge in [0.1, 0.15) is 0 Å². The first-order valence-electron chi connectivity index (χ1n) is 6.14. The predicted octanol–water partition coefficient (Wildman–Crippen LogP) is 5.04. The van der Waals surface area contributed by atoms with E-state index in [2.05, 4.69) is 17.2 Å². The molecule has 0 spiro atoms. The summed E-state index contributed by atoms with van der Waals surface area (Å²) in [4.78, 5) is 4.43. The SMILES string of the molecule is CC1CC(C)SC(Nc2ccc(C(F)(F)F)cc2Cl)=N1. The average Bonchev–Trinajstić information content (AvgIpc) is 2.29. The number of rotatable bonds is 1. The molecule has 0 fully saturated rings. The summed E-state index contributed by atoms with van der Waals surface area (Å²) in [6.45, 7) is 4.10. The number of anilines is 1. The molecule has 2 rings (SSSR count). The number of aliphatic imine (C=N–C) groups is 1. The Labute approximate surface area is 124 Å². The number of amidine groups is 1. The van der Waals surface area contributed by atoms with Crippen molar-refractivity contribution in [3.63, 3.8) is 0 Å². The maximum absolute atomic E-state index is 12.6. The molecule has 2 unspecified atom stereocenters. The molecule has 0 saturated heterocycles. The van der Waals surface area contributed by atoms with Crippen molar-refractivity contribution in [3.05, 3.63) is 28.8 Å². The van der Waals surface area contributed by atoms with E-state index in [9.17, 15) is 13.2 Å². The van der Waals surface area contributed by atoms with Gasteiger partial charge in [-0.2, -0.15) is 13.2 Å². The number of hydrogen-bond donors (Lipinski definition) is 1. The van der Waals surface area contributed by atoms with Crippen molar-refractivity contribution in [2.45, 2.75) is 37.7 Å². The summed E-state index contributed by atoms with van der Waals surface area (Å²) in [5.74, 6) is 0. The first-order valence-corrected chi connectivity index (χ1v) is 7.39. The van der Waals surface area contributed by atoms with Crippen molar-refractivity contribution in [1.82, 2.24) is 0 Å². The molecule has 0 radical (unpaired) electrons. The van der Waals surface area contributed by atoms with Gasteiger partial charge in [0.25, 0.3) is 0 Å². The third kappa shape index (κ3) is 3.82. The molecular weight excluding hydrogens is 309 g/mol. The van der Waals surface area contributed by atoms with Gasteiger partial charge in [-0.15, -0.1) is 0 Å². The maximum Gasteiger partial charge on any atom is 0.416 e. The molecule has 1 aliphatic heterocycles. The Morgan fingerprint density at radius 2 is 2.05 bits per heavy atom. The molecule has 2 nitrogen and oxygen atoms in total. The van der Waals surface area contributed by atoms with Crippen LogP contribution in [0.2, 0.25) is 5.02 Å². The number of nitrogens with zero attached hydrogens (tertiary/aromatic N) is 1. The van der Waals surface area contributed by atoms with Crippen molar-refractivity contribution >= 4 is 34.2 Å². The van der Waals surface area contributed by atoms with E-state index < -0.39 is 11.7 Å². The second kappa shape index (κ2) is 5.85. The molecule has 0 bridgehead atoms. The Bertz CT molecular complexity index is 531. The predicted molar refractivity (Wildman–Crippen MR) is 78.6 cm³/mol. The van der Waals surface area contributed by atoms with Crippen molar-refractivity contribution in [2.24, 2.45) is 4.99 Å². The highest BCUT2D eigenvalue weighted by Gasteiger charge is 2.31. The van der Waals surface area contributed by atoms with Crippen LogP contribution in [0.15, 0.2) is 23.2 Å². The highest BCUT2D eigenvalue weighted by atomic mass is 35.5. The van der Waals surface area contributed by atoms with E-state index in [-0.39, 0.29) is 11.1 Å². The Balaban J connectivity index is 2.18. The minimum atomic E-state index is -4.39. The first-order chi connectivity index (χ1) is 9.25. The zero-order chi connectivity index (χ0) is 14.9. The van der Waals surface area contributed by atoms with Gasteiger partial charge < -0.3 is 5.32 Å². The molecular formula is C13H14ClF3N2S. The third-order valence-electron chi connectivity index (χ3n) is 2.86. The molecule has 1 aromatic rings. The van der Waals surface area contributed by atoms with Crippen LogP contribution in [-0.4, -0.2) is 16.5 Å².